The quantitative estimate of drug-likeness (QED) is 0.301. The van der Waals surface area contributed by atoms with Gasteiger partial charge in [0.1, 0.15) is 11.8 Å². The summed E-state index contributed by atoms with van der Waals surface area (Å²) < 4.78 is 5.73. The number of hydrogen-bond acceptors (Lipinski definition) is 3. The van der Waals surface area contributed by atoms with Crippen LogP contribution < -0.4 is 10.1 Å². The van der Waals surface area contributed by atoms with Gasteiger partial charge in [-0.15, -0.1) is 0 Å². The van der Waals surface area contributed by atoms with Gasteiger partial charge in [-0.3, -0.25) is 9.59 Å². The minimum absolute atomic E-state index is 0.0445. The van der Waals surface area contributed by atoms with Gasteiger partial charge in [0.05, 0.1) is 0 Å². The summed E-state index contributed by atoms with van der Waals surface area (Å²) in [5.74, 6) is 0.0634. The number of carbonyl (C=O) groups is 2. The number of halogens is 3. The molecule has 0 aliphatic rings. The fraction of sp³-hybridized carbons (Fsp3) is 0.286. The van der Waals surface area contributed by atoms with Gasteiger partial charge in [-0.1, -0.05) is 91.1 Å². The first kappa shape index (κ1) is 27.9. The Balaban J connectivity index is 1.95. The summed E-state index contributed by atoms with van der Waals surface area (Å²) in [7, 11) is 0. The van der Waals surface area contributed by atoms with Gasteiger partial charge in [-0.2, -0.15) is 0 Å². The summed E-state index contributed by atoms with van der Waals surface area (Å²) in [6, 6.07) is 20.7. The van der Waals surface area contributed by atoms with Crippen molar-refractivity contribution in [3.05, 3.63) is 99.0 Å². The molecule has 3 aromatic rings. The topological polar surface area (TPSA) is 58.6 Å². The standard InChI is InChI=1S/C28H29Cl3N2O3/c1-19(2)16-32-28(35)26(14-20-8-4-3-5-9-20)33(17-23-24(30)12-7-13-25(23)31)27(34)18-36-22-11-6-10-21(29)15-22/h3-13,15,19,26H,14,16-18H2,1-2H3,(H,32,35)/t26-/m1/s1. The lowest BCUT2D eigenvalue weighted by Gasteiger charge is -2.32. The van der Waals surface area contributed by atoms with E-state index >= 15 is 0 Å². The van der Waals surface area contributed by atoms with Gasteiger partial charge in [0.25, 0.3) is 5.91 Å². The molecule has 3 rings (SSSR count). The number of carbonyl (C=O) groups excluding carboxylic acids is 2. The summed E-state index contributed by atoms with van der Waals surface area (Å²) in [5.41, 5.74) is 1.48. The Kier molecular flexibility index (Phi) is 10.5. The monoisotopic (exact) mass is 546 g/mol. The maximum absolute atomic E-state index is 13.6. The summed E-state index contributed by atoms with van der Waals surface area (Å²) in [6.07, 6.45) is 0.315. The van der Waals surface area contributed by atoms with E-state index in [-0.39, 0.29) is 30.9 Å². The SMILES string of the molecule is CC(C)CNC(=O)[C@@H](Cc1ccccc1)N(Cc1c(Cl)cccc1Cl)C(=O)COc1cccc(Cl)c1. The van der Waals surface area contributed by atoms with Crippen LogP contribution >= 0.6 is 34.8 Å². The van der Waals surface area contributed by atoms with Crippen LogP contribution in [-0.2, 0) is 22.6 Å². The van der Waals surface area contributed by atoms with E-state index in [2.05, 4.69) is 5.32 Å². The third-order valence-corrected chi connectivity index (χ3v) is 6.45. The zero-order valence-electron chi connectivity index (χ0n) is 20.2. The molecule has 0 saturated heterocycles. The molecular weight excluding hydrogens is 519 g/mol. The normalized spacial score (nSPS) is 11.7. The van der Waals surface area contributed by atoms with Crippen molar-refractivity contribution in [1.82, 2.24) is 10.2 Å². The Morgan fingerprint density at radius 3 is 2.22 bits per heavy atom. The number of benzene rings is 3. The lowest BCUT2D eigenvalue weighted by atomic mass is 10.0. The van der Waals surface area contributed by atoms with Crippen LogP contribution in [0.2, 0.25) is 15.1 Å². The molecule has 1 atom stereocenters. The molecule has 0 aliphatic carbocycles. The summed E-state index contributed by atoms with van der Waals surface area (Å²) >= 11 is 18.9. The van der Waals surface area contributed by atoms with E-state index in [9.17, 15) is 9.59 Å². The number of hydrogen-bond donors (Lipinski definition) is 1. The second kappa shape index (κ2) is 13.5. The highest BCUT2D eigenvalue weighted by Crippen LogP contribution is 2.27. The minimum Gasteiger partial charge on any atom is -0.484 e. The van der Waals surface area contributed by atoms with Crippen LogP contribution in [0.25, 0.3) is 0 Å². The predicted octanol–water partition coefficient (Wildman–Crippen LogP) is 6.44. The number of nitrogens with one attached hydrogen (secondary N) is 1. The van der Waals surface area contributed by atoms with Gasteiger partial charge in [-0.25, -0.2) is 0 Å². The van der Waals surface area contributed by atoms with E-state index in [1.165, 1.54) is 4.90 Å². The average Bonchev–Trinajstić information content (AvgIpc) is 2.85. The van der Waals surface area contributed by atoms with E-state index in [4.69, 9.17) is 39.5 Å². The highest BCUT2D eigenvalue weighted by Gasteiger charge is 2.31. The molecule has 0 aromatic heterocycles. The first-order valence-electron chi connectivity index (χ1n) is 11.7. The van der Waals surface area contributed by atoms with E-state index in [1.54, 1.807) is 42.5 Å². The Morgan fingerprint density at radius 1 is 0.917 bits per heavy atom. The second-order valence-electron chi connectivity index (χ2n) is 8.81. The third-order valence-electron chi connectivity index (χ3n) is 5.50. The van der Waals surface area contributed by atoms with E-state index < -0.39 is 6.04 Å². The maximum atomic E-state index is 13.6. The Hall–Kier alpha value is -2.73. The largest absolute Gasteiger partial charge is 0.484 e. The summed E-state index contributed by atoms with van der Waals surface area (Å²) in [5, 5.41) is 4.30. The van der Waals surface area contributed by atoms with Crippen molar-refractivity contribution < 1.29 is 14.3 Å². The molecular formula is C28H29Cl3N2O3. The zero-order valence-corrected chi connectivity index (χ0v) is 22.5. The van der Waals surface area contributed by atoms with Crippen molar-refractivity contribution in [2.24, 2.45) is 5.92 Å². The van der Waals surface area contributed by atoms with Crippen LogP contribution in [0.3, 0.4) is 0 Å². The number of ether oxygens (including phenoxy) is 1. The van der Waals surface area contributed by atoms with Crippen LogP contribution in [0.4, 0.5) is 0 Å². The van der Waals surface area contributed by atoms with Crippen LogP contribution in [0, 0.1) is 5.92 Å². The lowest BCUT2D eigenvalue weighted by molar-refractivity contribution is -0.142. The smallest absolute Gasteiger partial charge is 0.261 e. The van der Waals surface area contributed by atoms with Gasteiger partial charge >= 0.3 is 0 Å². The lowest BCUT2D eigenvalue weighted by Crippen LogP contribution is -2.52. The molecule has 0 heterocycles. The first-order valence-corrected chi connectivity index (χ1v) is 12.8. The molecule has 3 aromatic carbocycles. The van der Waals surface area contributed by atoms with Crippen molar-refractivity contribution in [3.63, 3.8) is 0 Å². The highest BCUT2D eigenvalue weighted by atomic mass is 35.5. The van der Waals surface area contributed by atoms with Crippen molar-refractivity contribution in [2.75, 3.05) is 13.2 Å². The molecule has 0 unspecified atom stereocenters. The molecule has 0 bridgehead atoms. The van der Waals surface area contributed by atoms with Crippen molar-refractivity contribution >= 4 is 46.6 Å². The highest BCUT2D eigenvalue weighted by molar-refractivity contribution is 6.36. The van der Waals surface area contributed by atoms with Gasteiger partial charge in [-0.05, 0) is 41.8 Å². The Bertz CT molecular complexity index is 1150. The molecule has 0 fully saturated rings. The molecule has 190 valence electrons. The Labute approximate surface area is 227 Å². The van der Waals surface area contributed by atoms with Gasteiger partial charge in [0.2, 0.25) is 5.91 Å². The molecule has 8 heteroatoms. The van der Waals surface area contributed by atoms with E-state index in [0.29, 0.717) is 39.3 Å². The average molecular weight is 548 g/mol. The predicted molar refractivity (Wildman–Crippen MR) is 146 cm³/mol. The zero-order chi connectivity index (χ0) is 26.1. The molecule has 0 radical (unpaired) electrons. The van der Waals surface area contributed by atoms with Crippen LogP contribution in [0.5, 0.6) is 5.75 Å². The number of rotatable bonds is 11. The van der Waals surface area contributed by atoms with Crippen LogP contribution in [0.15, 0.2) is 72.8 Å². The molecule has 1 N–H and O–H groups in total. The third kappa shape index (κ3) is 8.16. The minimum atomic E-state index is -0.811. The summed E-state index contributed by atoms with van der Waals surface area (Å²) in [6.45, 7) is 4.27. The van der Waals surface area contributed by atoms with Crippen molar-refractivity contribution in [3.8, 4) is 5.75 Å². The van der Waals surface area contributed by atoms with Gasteiger partial charge in [0, 0.05) is 40.1 Å². The number of nitrogens with zero attached hydrogens (tertiary/aromatic N) is 1. The van der Waals surface area contributed by atoms with Crippen LogP contribution in [0.1, 0.15) is 25.0 Å². The number of amides is 2. The van der Waals surface area contributed by atoms with Crippen molar-refractivity contribution in [1.29, 1.82) is 0 Å². The molecule has 2 amide bonds. The first-order chi connectivity index (χ1) is 17.2. The van der Waals surface area contributed by atoms with Crippen LogP contribution in [-0.4, -0.2) is 35.9 Å². The maximum Gasteiger partial charge on any atom is 0.261 e. The second-order valence-corrected chi connectivity index (χ2v) is 10.1. The molecule has 0 aliphatic heterocycles. The fourth-order valence-electron chi connectivity index (χ4n) is 3.61. The molecule has 0 saturated carbocycles. The molecule has 0 spiro atoms. The Morgan fingerprint density at radius 2 is 1.58 bits per heavy atom. The summed E-state index contributed by atoms with van der Waals surface area (Å²) in [4.78, 5) is 28.5. The van der Waals surface area contributed by atoms with E-state index in [1.807, 2.05) is 44.2 Å². The molecule has 5 nitrogen and oxygen atoms in total. The van der Waals surface area contributed by atoms with Gasteiger partial charge < -0.3 is 15.0 Å². The van der Waals surface area contributed by atoms with Crippen molar-refractivity contribution in [2.45, 2.75) is 32.9 Å². The molecule has 36 heavy (non-hydrogen) atoms. The fourth-order valence-corrected chi connectivity index (χ4v) is 4.31. The van der Waals surface area contributed by atoms with Gasteiger partial charge in [0.15, 0.2) is 6.61 Å². The van der Waals surface area contributed by atoms with E-state index in [0.717, 1.165) is 5.56 Å².